The van der Waals surface area contributed by atoms with Gasteiger partial charge in [-0.15, -0.1) is 0 Å². The monoisotopic (exact) mass is 388 g/mol. The SMILES string of the molecule is CC(=O)N1CCc2cc(S(=O)(=O)N3c4ccc(F)cc4CCC3C)ccc21. The maximum Gasteiger partial charge on any atom is 0.264 e. The van der Waals surface area contributed by atoms with Gasteiger partial charge in [0.25, 0.3) is 10.0 Å². The number of aryl methyl sites for hydroxylation is 1. The van der Waals surface area contributed by atoms with Crippen molar-refractivity contribution in [3.8, 4) is 0 Å². The van der Waals surface area contributed by atoms with Crippen LogP contribution in [0.15, 0.2) is 41.3 Å². The predicted molar refractivity (Wildman–Crippen MR) is 102 cm³/mol. The van der Waals surface area contributed by atoms with E-state index < -0.39 is 10.0 Å². The number of hydrogen-bond acceptors (Lipinski definition) is 3. The molecule has 0 saturated heterocycles. The highest BCUT2D eigenvalue weighted by atomic mass is 32.2. The van der Waals surface area contributed by atoms with Crippen molar-refractivity contribution in [2.75, 3.05) is 15.7 Å². The van der Waals surface area contributed by atoms with Gasteiger partial charge < -0.3 is 4.90 Å². The molecule has 2 aliphatic heterocycles. The number of carbonyl (C=O) groups excluding carboxylic acids is 1. The second-order valence-corrected chi connectivity index (χ2v) is 8.99. The molecule has 2 aromatic rings. The number of carbonyl (C=O) groups is 1. The zero-order valence-electron chi connectivity index (χ0n) is 15.3. The van der Waals surface area contributed by atoms with Crippen molar-refractivity contribution in [2.45, 2.75) is 44.0 Å². The molecule has 0 N–H and O–H groups in total. The zero-order chi connectivity index (χ0) is 19.3. The number of sulfonamides is 1. The third-order valence-electron chi connectivity index (χ3n) is 5.39. The van der Waals surface area contributed by atoms with Crippen molar-refractivity contribution < 1.29 is 17.6 Å². The molecule has 0 saturated carbocycles. The third-order valence-corrected chi connectivity index (χ3v) is 7.32. The Kier molecular flexibility index (Phi) is 4.22. The topological polar surface area (TPSA) is 57.7 Å². The molecule has 2 heterocycles. The van der Waals surface area contributed by atoms with E-state index in [1.807, 2.05) is 6.92 Å². The summed E-state index contributed by atoms with van der Waals surface area (Å²) in [5.74, 6) is -0.410. The minimum Gasteiger partial charge on any atom is -0.312 e. The first kappa shape index (κ1) is 18.0. The van der Waals surface area contributed by atoms with Crippen LogP contribution in [0.25, 0.3) is 0 Å². The summed E-state index contributed by atoms with van der Waals surface area (Å²) in [5, 5.41) is 0. The van der Waals surface area contributed by atoms with Crippen LogP contribution in [0.5, 0.6) is 0 Å². The van der Waals surface area contributed by atoms with Crippen LogP contribution in [0.4, 0.5) is 15.8 Å². The largest absolute Gasteiger partial charge is 0.312 e. The lowest BCUT2D eigenvalue weighted by Crippen LogP contribution is -2.42. The summed E-state index contributed by atoms with van der Waals surface area (Å²) in [6.45, 7) is 3.94. The van der Waals surface area contributed by atoms with Crippen molar-refractivity contribution in [1.29, 1.82) is 0 Å². The second-order valence-electron chi connectivity index (χ2n) is 7.17. The highest BCUT2D eigenvalue weighted by Crippen LogP contribution is 2.37. The molecule has 0 aliphatic carbocycles. The Morgan fingerprint density at radius 3 is 2.52 bits per heavy atom. The highest BCUT2D eigenvalue weighted by Gasteiger charge is 2.35. The fraction of sp³-hybridized carbons (Fsp3) is 0.350. The summed E-state index contributed by atoms with van der Waals surface area (Å²) in [7, 11) is -3.79. The van der Waals surface area contributed by atoms with Crippen LogP contribution < -0.4 is 9.21 Å². The number of halogens is 1. The maximum absolute atomic E-state index is 13.6. The zero-order valence-corrected chi connectivity index (χ0v) is 16.1. The molecule has 1 unspecified atom stereocenters. The fourth-order valence-electron chi connectivity index (χ4n) is 4.03. The Bertz CT molecular complexity index is 1040. The molecule has 142 valence electrons. The van der Waals surface area contributed by atoms with E-state index in [4.69, 9.17) is 0 Å². The number of nitrogens with zero attached hydrogens (tertiary/aromatic N) is 2. The van der Waals surface area contributed by atoms with Crippen LogP contribution in [0.1, 0.15) is 31.4 Å². The van der Waals surface area contributed by atoms with E-state index in [2.05, 4.69) is 0 Å². The van der Waals surface area contributed by atoms with Crippen LogP contribution in [-0.4, -0.2) is 26.9 Å². The van der Waals surface area contributed by atoms with E-state index in [-0.39, 0.29) is 22.7 Å². The van der Waals surface area contributed by atoms with Gasteiger partial charge in [0.05, 0.1) is 10.6 Å². The quantitative estimate of drug-likeness (QED) is 0.793. The third kappa shape index (κ3) is 2.90. The molecule has 2 aromatic carbocycles. The molecule has 0 aromatic heterocycles. The maximum atomic E-state index is 13.6. The van der Waals surface area contributed by atoms with Gasteiger partial charge in [-0.25, -0.2) is 12.8 Å². The first-order valence-corrected chi connectivity index (χ1v) is 10.5. The average molecular weight is 388 g/mol. The summed E-state index contributed by atoms with van der Waals surface area (Å²) < 4.78 is 41.8. The lowest BCUT2D eigenvalue weighted by Gasteiger charge is -2.36. The number of benzene rings is 2. The van der Waals surface area contributed by atoms with Gasteiger partial charge in [0.2, 0.25) is 5.91 Å². The average Bonchev–Trinajstić information content (AvgIpc) is 3.05. The first-order valence-electron chi connectivity index (χ1n) is 9.03. The van der Waals surface area contributed by atoms with E-state index >= 15 is 0 Å². The molecular weight excluding hydrogens is 367 g/mol. The van der Waals surface area contributed by atoms with Crippen LogP contribution in [0.2, 0.25) is 0 Å². The minimum atomic E-state index is -3.79. The van der Waals surface area contributed by atoms with Crippen molar-refractivity contribution in [3.63, 3.8) is 0 Å². The molecule has 5 nitrogen and oxygen atoms in total. The molecule has 27 heavy (non-hydrogen) atoms. The van der Waals surface area contributed by atoms with E-state index in [9.17, 15) is 17.6 Å². The van der Waals surface area contributed by atoms with Crippen LogP contribution in [0.3, 0.4) is 0 Å². The Morgan fingerprint density at radius 1 is 1.07 bits per heavy atom. The number of fused-ring (bicyclic) bond motifs is 2. The van der Waals surface area contributed by atoms with Crippen molar-refractivity contribution in [1.82, 2.24) is 0 Å². The number of rotatable bonds is 2. The van der Waals surface area contributed by atoms with Crippen molar-refractivity contribution >= 4 is 27.3 Å². The summed E-state index contributed by atoms with van der Waals surface area (Å²) in [6.07, 6.45) is 1.92. The Balaban J connectivity index is 1.78. The molecule has 7 heteroatoms. The summed E-state index contributed by atoms with van der Waals surface area (Å²) in [4.78, 5) is 13.6. The molecule has 0 radical (unpaired) electrons. The van der Waals surface area contributed by atoms with Gasteiger partial charge >= 0.3 is 0 Å². The van der Waals surface area contributed by atoms with Gasteiger partial charge in [-0.3, -0.25) is 9.10 Å². The Labute approximate surface area is 158 Å². The molecule has 4 rings (SSSR count). The van der Waals surface area contributed by atoms with Gasteiger partial charge in [0.15, 0.2) is 0 Å². The van der Waals surface area contributed by atoms with Gasteiger partial charge in [-0.2, -0.15) is 0 Å². The van der Waals surface area contributed by atoms with Crippen molar-refractivity contribution in [3.05, 3.63) is 53.3 Å². The number of hydrogen-bond donors (Lipinski definition) is 0. The lowest BCUT2D eigenvalue weighted by atomic mass is 9.99. The van der Waals surface area contributed by atoms with E-state index in [1.165, 1.54) is 23.4 Å². The standard InChI is InChI=1S/C20H21FN2O3S/c1-13-3-4-15-11-17(21)5-7-20(15)23(13)27(25,26)18-6-8-19-16(12-18)9-10-22(19)14(2)24/h5-8,11-13H,3-4,9-10H2,1-2H3. The van der Waals surface area contributed by atoms with E-state index in [0.29, 0.717) is 37.1 Å². The fourth-order valence-corrected chi connectivity index (χ4v) is 5.81. The second kappa shape index (κ2) is 6.34. The van der Waals surface area contributed by atoms with Crippen molar-refractivity contribution in [2.24, 2.45) is 0 Å². The Hall–Kier alpha value is -2.41. The van der Waals surface area contributed by atoms with E-state index in [1.54, 1.807) is 29.2 Å². The van der Waals surface area contributed by atoms with E-state index in [0.717, 1.165) is 11.3 Å². The summed E-state index contributed by atoms with van der Waals surface area (Å²) in [5.41, 5.74) is 2.88. The molecular formula is C20H21FN2O3S. The normalized spacial score (nSPS) is 19.0. The number of anilines is 2. The Morgan fingerprint density at radius 2 is 1.78 bits per heavy atom. The smallest absolute Gasteiger partial charge is 0.264 e. The molecule has 2 aliphatic rings. The minimum absolute atomic E-state index is 0.0510. The van der Waals surface area contributed by atoms with Gasteiger partial charge in [-0.05, 0) is 73.7 Å². The molecule has 0 bridgehead atoms. The molecule has 1 amide bonds. The molecule has 1 atom stereocenters. The van der Waals surface area contributed by atoms with Gasteiger partial charge in [0.1, 0.15) is 5.82 Å². The van der Waals surface area contributed by atoms with Gasteiger partial charge in [0, 0.05) is 25.2 Å². The first-order chi connectivity index (χ1) is 12.8. The van der Waals surface area contributed by atoms with Crippen LogP contribution in [-0.2, 0) is 27.7 Å². The summed E-state index contributed by atoms with van der Waals surface area (Å²) in [6, 6.07) is 8.97. The predicted octanol–water partition coefficient (Wildman–Crippen LogP) is 3.26. The van der Waals surface area contributed by atoms with Crippen LogP contribution in [0, 0.1) is 5.82 Å². The van der Waals surface area contributed by atoms with Crippen LogP contribution >= 0.6 is 0 Å². The highest BCUT2D eigenvalue weighted by molar-refractivity contribution is 7.92. The lowest BCUT2D eigenvalue weighted by molar-refractivity contribution is -0.116. The summed E-state index contributed by atoms with van der Waals surface area (Å²) >= 11 is 0. The molecule has 0 spiro atoms. The van der Waals surface area contributed by atoms with Gasteiger partial charge in [-0.1, -0.05) is 0 Å². The molecule has 0 fully saturated rings. The number of amides is 1.